The van der Waals surface area contributed by atoms with Crippen molar-refractivity contribution in [3.05, 3.63) is 54.1 Å². The quantitative estimate of drug-likeness (QED) is 0.742. The van der Waals surface area contributed by atoms with E-state index in [1.807, 2.05) is 6.07 Å². The van der Waals surface area contributed by atoms with Crippen LogP contribution in [0, 0.1) is 11.3 Å². The average molecular weight is 375 g/mol. The van der Waals surface area contributed by atoms with Gasteiger partial charge in [0.15, 0.2) is 6.61 Å². The van der Waals surface area contributed by atoms with Crippen LogP contribution in [0.25, 0.3) is 0 Å². The summed E-state index contributed by atoms with van der Waals surface area (Å²) < 4.78 is 30.1. The topological polar surface area (TPSA) is 109 Å². The van der Waals surface area contributed by atoms with Crippen molar-refractivity contribution in [1.82, 2.24) is 4.47 Å². The number of hydrogen-bond acceptors (Lipinski definition) is 6. The fourth-order valence-corrected chi connectivity index (χ4v) is 2.95. The number of ether oxygens (including phenoxy) is 1. The molecule has 0 aliphatic heterocycles. The monoisotopic (exact) mass is 375 g/mol. The van der Waals surface area contributed by atoms with Crippen LogP contribution >= 0.6 is 0 Å². The highest BCUT2D eigenvalue weighted by Crippen LogP contribution is 2.18. The Bertz CT molecular complexity index is 903. The van der Waals surface area contributed by atoms with Gasteiger partial charge in [-0.3, -0.25) is 9.63 Å². The predicted octanol–water partition coefficient (Wildman–Crippen LogP) is 2.02. The third-order valence-corrected chi connectivity index (χ3v) is 5.12. The van der Waals surface area contributed by atoms with Crippen LogP contribution in [0.1, 0.15) is 10.4 Å². The Hall–Kier alpha value is -2.93. The molecule has 26 heavy (non-hydrogen) atoms. The van der Waals surface area contributed by atoms with E-state index in [-0.39, 0.29) is 17.4 Å². The number of hydroxylamine groups is 1. The summed E-state index contributed by atoms with van der Waals surface area (Å²) in [6.07, 6.45) is 0. The molecule has 9 heteroatoms. The Balaban J connectivity index is 2.07. The van der Waals surface area contributed by atoms with Gasteiger partial charge in [-0.2, -0.15) is 5.26 Å². The van der Waals surface area contributed by atoms with Gasteiger partial charge in [-0.1, -0.05) is 4.47 Å². The van der Waals surface area contributed by atoms with E-state index in [0.29, 0.717) is 17.0 Å². The lowest BCUT2D eigenvalue weighted by molar-refractivity contribution is -0.0258. The van der Waals surface area contributed by atoms with Crippen LogP contribution in [-0.2, 0) is 14.9 Å². The zero-order valence-corrected chi connectivity index (χ0v) is 15.0. The maximum Gasteiger partial charge on any atom is 0.264 e. The number of amides is 1. The highest BCUT2D eigenvalue weighted by Gasteiger charge is 2.21. The first-order valence-electron chi connectivity index (χ1n) is 7.42. The molecule has 2 aromatic carbocycles. The molecule has 8 nitrogen and oxygen atoms in total. The van der Waals surface area contributed by atoms with Gasteiger partial charge in [0, 0.05) is 18.3 Å². The van der Waals surface area contributed by atoms with Gasteiger partial charge in [0.2, 0.25) is 0 Å². The molecule has 0 saturated heterocycles. The van der Waals surface area contributed by atoms with Crippen LogP contribution in [0.3, 0.4) is 0 Å². The molecule has 0 bridgehead atoms. The first-order chi connectivity index (χ1) is 12.4. The van der Waals surface area contributed by atoms with E-state index < -0.39 is 10.0 Å². The minimum atomic E-state index is -3.76. The molecule has 0 spiro atoms. The van der Waals surface area contributed by atoms with Crippen LogP contribution < -0.4 is 10.1 Å². The maximum absolute atomic E-state index is 12.3. The second kappa shape index (κ2) is 8.44. The Morgan fingerprint density at radius 2 is 1.77 bits per heavy atom. The summed E-state index contributed by atoms with van der Waals surface area (Å²) in [5.41, 5.74) is 0.837. The van der Waals surface area contributed by atoms with Crippen molar-refractivity contribution in [3.63, 3.8) is 0 Å². The molecule has 1 N–H and O–H groups in total. The molecule has 1 amide bonds. The van der Waals surface area contributed by atoms with Crippen molar-refractivity contribution < 1.29 is 22.8 Å². The van der Waals surface area contributed by atoms with Crippen molar-refractivity contribution in [2.45, 2.75) is 4.90 Å². The van der Waals surface area contributed by atoms with Crippen molar-refractivity contribution in [1.29, 1.82) is 5.26 Å². The molecule has 2 aromatic rings. The molecule has 0 unspecified atom stereocenters. The zero-order valence-electron chi connectivity index (χ0n) is 14.2. The first kappa shape index (κ1) is 19.4. The van der Waals surface area contributed by atoms with Gasteiger partial charge in [0.25, 0.3) is 15.9 Å². The Morgan fingerprint density at radius 3 is 2.31 bits per heavy atom. The van der Waals surface area contributed by atoms with Gasteiger partial charge < -0.3 is 10.1 Å². The summed E-state index contributed by atoms with van der Waals surface area (Å²) in [5, 5.41) is 11.2. The molecule has 0 aromatic heterocycles. The summed E-state index contributed by atoms with van der Waals surface area (Å²) in [5.74, 6) is 0.126. The van der Waals surface area contributed by atoms with Gasteiger partial charge in [-0.05, 0) is 48.5 Å². The van der Waals surface area contributed by atoms with E-state index in [2.05, 4.69) is 5.32 Å². The largest absolute Gasteiger partial charge is 0.479 e. The third kappa shape index (κ3) is 4.58. The standard InChI is InChI=1S/C17H17N3O5S/c1-20(24-2)26(22,23)16-9-3-13(4-10-16)17(21)19-14-5-7-15(8-6-14)25-12-11-18/h3-10H,12H2,1-2H3,(H,19,21). The fraction of sp³-hybridized carbons (Fsp3) is 0.176. The summed E-state index contributed by atoms with van der Waals surface area (Å²) in [6.45, 7) is -0.0563. The van der Waals surface area contributed by atoms with Crippen LogP contribution in [-0.4, -0.2) is 39.6 Å². The van der Waals surface area contributed by atoms with E-state index in [4.69, 9.17) is 14.8 Å². The molecule has 0 atom stereocenters. The molecular weight excluding hydrogens is 358 g/mol. The summed E-state index contributed by atoms with van der Waals surface area (Å²) >= 11 is 0. The van der Waals surface area contributed by atoms with E-state index >= 15 is 0 Å². The Kier molecular flexibility index (Phi) is 6.30. The SMILES string of the molecule is CON(C)S(=O)(=O)c1ccc(C(=O)Nc2ccc(OCC#N)cc2)cc1. The van der Waals surface area contributed by atoms with E-state index in [1.165, 1.54) is 38.4 Å². The van der Waals surface area contributed by atoms with Crippen LogP contribution in [0.15, 0.2) is 53.4 Å². The highest BCUT2D eigenvalue weighted by molar-refractivity contribution is 7.89. The van der Waals surface area contributed by atoms with Crippen LogP contribution in [0.4, 0.5) is 5.69 Å². The number of anilines is 1. The normalized spacial score (nSPS) is 11.0. The lowest BCUT2D eigenvalue weighted by Gasteiger charge is -2.14. The fourth-order valence-electron chi connectivity index (χ4n) is 1.98. The lowest BCUT2D eigenvalue weighted by Crippen LogP contribution is -2.25. The van der Waals surface area contributed by atoms with Crippen molar-refractivity contribution in [3.8, 4) is 11.8 Å². The molecule has 0 saturated carbocycles. The van der Waals surface area contributed by atoms with Gasteiger partial charge in [0.05, 0.1) is 12.0 Å². The summed E-state index contributed by atoms with van der Waals surface area (Å²) in [6, 6.07) is 13.9. The van der Waals surface area contributed by atoms with Crippen molar-refractivity contribution >= 4 is 21.6 Å². The van der Waals surface area contributed by atoms with E-state index in [1.54, 1.807) is 24.3 Å². The second-order valence-corrected chi connectivity index (χ2v) is 6.98. The van der Waals surface area contributed by atoms with Gasteiger partial charge in [-0.25, -0.2) is 8.42 Å². The van der Waals surface area contributed by atoms with Crippen LogP contribution in [0.2, 0.25) is 0 Å². The number of carbonyl (C=O) groups excluding carboxylic acids is 1. The molecule has 0 heterocycles. The molecule has 0 fully saturated rings. The number of nitrogens with one attached hydrogen (secondary N) is 1. The lowest BCUT2D eigenvalue weighted by atomic mass is 10.2. The second-order valence-electron chi connectivity index (χ2n) is 5.05. The molecule has 2 rings (SSSR count). The van der Waals surface area contributed by atoms with Crippen molar-refractivity contribution in [2.75, 3.05) is 26.1 Å². The van der Waals surface area contributed by atoms with E-state index in [9.17, 15) is 13.2 Å². The molecule has 0 aliphatic rings. The number of nitrogens with zero attached hydrogens (tertiary/aromatic N) is 2. The minimum absolute atomic E-state index is 0.0115. The maximum atomic E-state index is 12.3. The number of benzene rings is 2. The number of hydrogen-bond donors (Lipinski definition) is 1. The number of sulfonamides is 1. The van der Waals surface area contributed by atoms with Gasteiger partial charge in [0.1, 0.15) is 11.8 Å². The van der Waals surface area contributed by atoms with E-state index in [0.717, 1.165) is 4.47 Å². The van der Waals surface area contributed by atoms with Crippen LogP contribution in [0.5, 0.6) is 5.75 Å². The number of rotatable bonds is 7. The molecule has 136 valence electrons. The minimum Gasteiger partial charge on any atom is -0.479 e. The average Bonchev–Trinajstić information content (AvgIpc) is 2.66. The zero-order chi connectivity index (χ0) is 19.2. The summed E-state index contributed by atoms with van der Waals surface area (Å²) in [7, 11) is -1.24. The number of carbonyl (C=O) groups is 1. The summed E-state index contributed by atoms with van der Waals surface area (Å²) in [4.78, 5) is 17.0. The van der Waals surface area contributed by atoms with Gasteiger partial charge in [-0.15, -0.1) is 0 Å². The predicted molar refractivity (Wildman–Crippen MR) is 93.9 cm³/mol. The Morgan fingerprint density at radius 1 is 1.15 bits per heavy atom. The molecule has 0 aliphatic carbocycles. The van der Waals surface area contributed by atoms with Gasteiger partial charge >= 0.3 is 0 Å². The molecular formula is C17H17N3O5S. The van der Waals surface area contributed by atoms with Crippen molar-refractivity contribution in [2.24, 2.45) is 0 Å². The Labute approximate surface area is 151 Å². The number of nitriles is 1. The highest BCUT2D eigenvalue weighted by atomic mass is 32.2. The molecule has 0 radical (unpaired) electrons. The smallest absolute Gasteiger partial charge is 0.264 e. The third-order valence-electron chi connectivity index (χ3n) is 3.43. The first-order valence-corrected chi connectivity index (χ1v) is 8.86.